The van der Waals surface area contributed by atoms with Crippen LogP contribution in [0, 0.1) is 17.0 Å². The molecule has 0 atom stereocenters. The van der Waals surface area contributed by atoms with Gasteiger partial charge in [-0.2, -0.15) is 4.72 Å². The molecule has 0 aromatic heterocycles. The van der Waals surface area contributed by atoms with Crippen LogP contribution in [-0.2, 0) is 10.0 Å². The van der Waals surface area contributed by atoms with Crippen LogP contribution in [0.2, 0.25) is 0 Å². The lowest BCUT2D eigenvalue weighted by molar-refractivity contribution is 0.489. The molecule has 0 heterocycles. The van der Waals surface area contributed by atoms with Crippen molar-refractivity contribution in [3.63, 3.8) is 0 Å². The molecule has 20 heavy (non-hydrogen) atoms. The summed E-state index contributed by atoms with van der Waals surface area (Å²) in [6.07, 6.45) is 2.18. The molecule has 1 aromatic rings. The fourth-order valence-corrected chi connectivity index (χ4v) is 3.93. The molecule has 0 aliphatic heterocycles. The zero-order chi connectivity index (χ0) is 15.0. The maximum absolute atomic E-state index is 13.6. The van der Waals surface area contributed by atoms with Crippen molar-refractivity contribution in [2.45, 2.75) is 36.1 Å². The van der Waals surface area contributed by atoms with Gasteiger partial charge in [-0.05, 0) is 31.0 Å². The van der Waals surface area contributed by atoms with Crippen molar-refractivity contribution < 1.29 is 17.2 Å². The molecule has 1 aliphatic rings. The van der Waals surface area contributed by atoms with Gasteiger partial charge in [-0.3, -0.25) is 5.41 Å². The van der Waals surface area contributed by atoms with E-state index in [1.54, 1.807) is 0 Å². The molecule has 8 heteroatoms. The standard InChI is InChI=1S/C12H15F2N3O2S/c13-8-3-4-9(14)10(7-8)20(18,19)17-12(11(15)16)5-1-2-6-12/h3-4,7,17H,1-2,5-6H2,(H3,15,16). The van der Waals surface area contributed by atoms with Gasteiger partial charge in [-0.25, -0.2) is 17.2 Å². The third-order valence-corrected chi connectivity index (χ3v) is 5.04. The van der Waals surface area contributed by atoms with Gasteiger partial charge in [0.2, 0.25) is 10.0 Å². The first-order valence-electron chi connectivity index (χ1n) is 6.10. The summed E-state index contributed by atoms with van der Waals surface area (Å²) in [5.74, 6) is -2.21. The fourth-order valence-electron chi connectivity index (χ4n) is 2.40. The minimum Gasteiger partial charge on any atom is -0.386 e. The summed E-state index contributed by atoms with van der Waals surface area (Å²) in [5.41, 5.74) is 4.28. The van der Waals surface area contributed by atoms with Crippen molar-refractivity contribution in [2.24, 2.45) is 5.73 Å². The van der Waals surface area contributed by atoms with Crippen molar-refractivity contribution in [2.75, 3.05) is 0 Å². The number of nitrogens with one attached hydrogen (secondary N) is 2. The monoisotopic (exact) mass is 303 g/mol. The van der Waals surface area contributed by atoms with Gasteiger partial charge in [0.15, 0.2) is 0 Å². The van der Waals surface area contributed by atoms with E-state index in [1.165, 1.54) is 0 Å². The number of hydrogen-bond acceptors (Lipinski definition) is 3. The Morgan fingerprint density at radius 2 is 1.90 bits per heavy atom. The van der Waals surface area contributed by atoms with Crippen LogP contribution in [0.5, 0.6) is 0 Å². The van der Waals surface area contributed by atoms with E-state index in [4.69, 9.17) is 11.1 Å². The molecule has 0 spiro atoms. The molecule has 5 nitrogen and oxygen atoms in total. The van der Waals surface area contributed by atoms with Crippen LogP contribution in [0.3, 0.4) is 0 Å². The van der Waals surface area contributed by atoms with Crippen molar-refractivity contribution >= 4 is 15.9 Å². The largest absolute Gasteiger partial charge is 0.386 e. The highest BCUT2D eigenvalue weighted by Gasteiger charge is 2.41. The number of rotatable bonds is 4. The Balaban J connectivity index is 2.40. The fraction of sp³-hybridized carbons (Fsp3) is 0.417. The Morgan fingerprint density at radius 3 is 2.45 bits per heavy atom. The maximum atomic E-state index is 13.6. The predicted molar refractivity (Wildman–Crippen MR) is 69.8 cm³/mol. The smallest absolute Gasteiger partial charge is 0.244 e. The number of sulfonamides is 1. The van der Waals surface area contributed by atoms with Crippen molar-refractivity contribution in [1.82, 2.24) is 4.72 Å². The third-order valence-electron chi connectivity index (χ3n) is 3.49. The van der Waals surface area contributed by atoms with Gasteiger partial charge in [0.1, 0.15) is 22.4 Å². The molecule has 2 rings (SSSR count). The predicted octanol–water partition coefficient (Wildman–Crippen LogP) is 1.49. The van der Waals surface area contributed by atoms with E-state index in [1.807, 2.05) is 0 Å². The minimum absolute atomic E-state index is 0.310. The van der Waals surface area contributed by atoms with Gasteiger partial charge in [0.25, 0.3) is 0 Å². The van der Waals surface area contributed by atoms with Crippen LogP contribution in [0.4, 0.5) is 8.78 Å². The minimum atomic E-state index is -4.29. The molecule has 1 saturated carbocycles. The molecule has 0 bridgehead atoms. The van der Waals surface area contributed by atoms with Crippen LogP contribution in [0.1, 0.15) is 25.7 Å². The first-order valence-corrected chi connectivity index (χ1v) is 7.59. The van der Waals surface area contributed by atoms with Gasteiger partial charge in [0, 0.05) is 0 Å². The highest BCUT2D eigenvalue weighted by molar-refractivity contribution is 7.89. The lowest BCUT2D eigenvalue weighted by Crippen LogP contribution is -2.55. The second-order valence-corrected chi connectivity index (χ2v) is 6.53. The Morgan fingerprint density at radius 1 is 1.30 bits per heavy atom. The maximum Gasteiger partial charge on any atom is 0.244 e. The summed E-state index contributed by atoms with van der Waals surface area (Å²) >= 11 is 0. The zero-order valence-corrected chi connectivity index (χ0v) is 11.4. The lowest BCUT2D eigenvalue weighted by Gasteiger charge is -2.28. The molecule has 1 aliphatic carbocycles. The van der Waals surface area contributed by atoms with E-state index in [9.17, 15) is 17.2 Å². The topological polar surface area (TPSA) is 96.0 Å². The van der Waals surface area contributed by atoms with Crippen LogP contribution < -0.4 is 10.5 Å². The molecule has 0 unspecified atom stereocenters. The average Bonchev–Trinajstić information content (AvgIpc) is 2.81. The second kappa shape index (κ2) is 5.10. The van der Waals surface area contributed by atoms with E-state index >= 15 is 0 Å². The highest BCUT2D eigenvalue weighted by atomic mass is 32.2. The lowest BCUT2D eigenvalue weighted by atomic mass is 9.98. The van der Waals surface area contributed by atoms with Crippen molar-refractivity contribution in [1.29, 1.82) is 5.41 Å². The van der Waals surface area contributed by atoms with Crippen LogP contribution in [0.25, 0.3) is 0 Å². The molecular formula is C12H15F2N3O2S. The van der Waals surface area contributed by atoms with Gasteiger partial charge in [-0.1, -0.05) is 12.8 Å². The SMILES string of the molecule is N=C(N)C1(NS(=O)(=O)c2cc(F)ccc2F)CCCC1. The Hall–Kier alpha value is -1.54. The van der Waals surface area contributed by atoms with E-state index < -0.39 is 32.1 Å². The molecular weight excluding hydrogens is 288 g/mol. The summed E-state index contributed by atoms with van der Waals surface area (Å²) in [7, 11) is -4.29. The van der Waals surface area contributed by atoms with Crippen molar-refractivity contribution in [3.8, 4) is 0 Å². The average molecular weight is 303 g/mol. The van der Waals surface area contributed by atoms with Gasteiger partial charge in [-0.15, -0.1) is 0 Å². The number of amidine groups is 1. The number of halogens is 2. The van der Waals surface area contributed by atoms with E-state index in [0.717, 1.165) is 12.1 Å². The summed E-state index contributed by atoms with van der Waals surface area (Å²) < 4.78 is 53.4. The van der Waals surface area contributed by atoms with Gasteiger partial charge in [0.05, 0.1) is 5.54 Å². The molecule has 110 valence electrons. The van der Waals surface area contributed by atoms with Gasteiger partial charge < -0.3 is 5.73 Å². The molecule has 0 amide bonds. The number of nitrogens with two attached hydrogens (primary N) is 1. The van der Waals surface area contributed by atoms with Gasteiger partial charge >= 0.3 is 0 Å². The first kappa shape index (κ1) is 14.9. The van der Waals surface area contributed by atoms with E-state index in [2.05, 4.69) is 4.72 Å². The quantitative estimate of drug-likeness (QED) is 0.581. The zero-order valence-electron chi connectivity index (χ0n) is 10.6. The molecule has 0 radical (unpaired) electrons. The van der Waals surface area contributed by atoms with Crippen LogP contribution >= 0.6 is 0 Å². The third kappa shape index (κ3) is 2.66. The number of benzene rings is 1. The number of hydrogen-bond donors (Lipinski definition) is 3. The summed E-state index contributed by atoms with van der Waals surface area (Å²) in [5, 5.41) is 7.56. The Labute approximate surface area is 115 Å². The Bertz CT molecular complexity index is 640. The van der Waals surface area contributed by atoms with E-state index in [0.29, 0.717) is 31.7 Å². The summed E-state index contributed by atoms with van der Waals surface area (Å²) in [4.78, 5) is -0.773. The van der Waals surface area contributed by atoms with Crippen molar-refractivity contribution in [3.05, 3.63) is 29.8 Å². The second-order valence-electron chi connectivity index (χ2n) is 4.88. The molecule has 1 fully saturated rings. The molecule has 4 N–H and O–H groups in total. The summed E-state index contributed by atoms with van der Waals surface area (Å²) in [6, 6.07) is 2.20. The van der Waals surface area contributed by atoms with Crippen LogP contribution in [0.15, 0.2) is 23.1 Å². The normalized spacial score (nSPS) is 18.1. The molecule has 1 aromatic carbocycles. The van der Waals surface area contributed by atoms with E-state index in [-0.39, 0.29) is 5.84 Å². The first-order chi connectivity index (χ1) is 9.27. The molecule has 0 saturated heterocycles. The Kier molecular flexibility index (Phi) is 3.79. The van der Waals surface area contributed by atoms with Crippen LogP contribution in [-0.4, -0.2) is 19.8 Å². The summed E-state index contributed by atoms with van der Waals surface area (Å²) in [6.45, 7) is 0. The highest BCUT2D eigenvalue weighted by Crippen LogP contribution is 2.31.